The van der Waals surface area contributed by atoms with Crippen molar-refractivity contribution < 1.29 is 14.3 Å². The minimum atomic E-state index is -0.260. The van der Waals surface area contributed by atoms with E-state index in [1.807, 2.05) is 36.4 Å². The quantitative estimate of drug-likeness (QED) is 0.369. The largest absolute Gasteiger partial charge is 0.497 e. The Bertz CT molecular complexity index is 894. The van der Waals surface area contributed by atoms with Gasteiger partial charge in [-0.25, -0.2) is 0 Å². The zero-order valence-corrected chi connectivity index (χ0v) is 17.1. The smallest absolute Gasteiger partial charge is 0.313 e. The highest BCUT2D eigenvalue weighted by molar-refractivity contribution is 5.74. The SMILES string of the molecule is COc1ccc(OC(=O)C[C@H](C)N(c2ccccc2)[C@@H](C)c2ccccc2)cc1. The predicted molar refractivity (Wildman–Crippen MR) is 116 cm³/mol. The Morgan fingerprint density at radius 1 is 0.828 bits per heavy atom. The molecule has 4 heteroatoms. The first-order chi connectivity index (χ1) is 14.1. The maximum absolute atomic E-state index is 12.6. The van der Waals surface area contributed by atoms with Crippen LogP contribution in [0.3, 0.4) is 0 Å². The molecule has 0 heterocycles. The molecule has 0 aromatic heterocycles. The summed E-state index contributed by atoms with van der Waals surface area (Å²) in [4.78, 5) is 14.9. The van der Waals surface area contributed by atoms with Crippen LogP contribution in [0.1, 0.15) is 31.9 Å². The Kier molecular flexibility index (Phi) is 6.90. The minimum absolute atomic E-state index is 0.0432. The summed E-state index contributed by atoms with van der Waals surface area (Å²) in [6, 6.07) is 27.6. The average molecular weight is 389 g/mol. The summed E-state index contributed by atoms with van der Waals surface area (Å²) in [6.45, 7) is 4.22. The van der Waals surface area contributed by atoms with Gasteiger partial charge in [0.25, 0.3) is 0 Å². The fourth-order valence-corrected chi connectivity index (χ4v) is 3.51. The first-order valence-electron chi connectivity index (χ1n) is 9.81. The van der Waals surface area contributed by atoms with Crippen molar-refractivity contribution in [2.75, 3.05) is 12.0 Å². The molecule has 29 heavy (non-hydrogen) atoms. The van der Waals surface area contributed by atoms with Crippen LogP contribution in [0.4, 0.5) is 5.69 Å². The van der Waals surface area contributed by atoms with Crippen LogP contribution in [0.2, 0.25) is 0 Å². The van der Waals surface area contributed by atoms with Crippen LogP contribution in [0.25, 0.3) is 0 Å². The molecule has 0 radical (unpaired) electrons. The summed E-state index contributed by atoms with van der Waals surface area (Å²) < 4.78 is 10.7. The number of para-hydroxylation sites is 1. The van der Waals surface area contributed by atoms with Crippen LogP contribution in [0, 0.1) is 0 Å². The summed E-state index contributed by atoms with van der Waals surface area (Å²) in [6.07, 6.45) is 0.276. The number of hydrogen-bond donors (Lipinski definition) is 0. The number of rotatable bonds is 8. The third-order valence-electron chi connectivity index (χ3n) is 4.98. The summed E-state index contributed by atoms with van der Waals surface area (Å²) in [7, 11) is 1.61. The van der Waals surface area contributed by atoms with Crippen molar-refractivity contribution in [3.8, 4) is 11.5 Å². The van der Waals surface area contributed by atoms with Crippen LogP contribution in [-0.2, 0) is 4.79 Å². The maximum atomic E-state index is 12.6. The van der Waals surface area contributed by atoms with Gasteiger partial charge in [-0.05, 0) is 55.8 Å². The maximum Gasteiger partial charge on any atom is 0.313 e. The van der Waals surface area contributed by atoms with E-state index in [1.165, 1.54) is 5.56 Å². The zero-order chi connectivity index (χ0) is 20.6. The van der Waals surface area contributed by atoms with Gasteiger partial charge in [0.2, 0.25) is 0 Å². The average Bonchev–Trinajstić information content (AvgIpc) is 2.75. The molecule has 0 unspecified atom stereocenters. The van der Waals surface area contributed by atoms with Crippen molar-refractivity contribution >= 4 is 11.7 Å². The van der Waals surface area contributed by atoms with E-state index in [-0.39, 0.29) is 24.5 Å². The van der Waals surface area contributed by atoms with Gasteiger partial charge in [-0.1, -0.05) is 48.5 Å². The number of esters is 1. The number of hydrogen-bond acceptors (Lipinski definition) is 4. The number of nitrogens with zero attached hydrogens (tertiary/aromatic N) is 1. The Morgan fingerprint density at radius 2 is 1.38 bits per heavy atom. The lowest BCUT2D eigenvalue weighted by atomic mass is 10.0. The molecule has 0 aliphatic carbocycles. The van der Waals surface area contributed by atoms with Gasteiger partial charge in [0.05, 0.1) is 19.6 Å². The topological polar surface area (TPSA) is 38.8 Å². The molecular formula is C25H27NO3. The molecule has 0 saturated heterocycles. The van der Waals surface area contributed by atoms with E-state index in [2.05, 4.69) is 43.0 Å². The van der Waals surface area contributed by atoms with E-state index in [4.69, 9.17) is 9.47 Å². The van der Waals surface area contributed by atoms with E-state index in [1.54, 1.807) is 31.4 Å². The number of carbonyl (C=O) groups is 1. The molecule has 0 fully saturated rings. The molecule has 3 aromatic carbocycles. The van der Waals surface area contributed by atoms with E-state index < -0.39 is 0 Å². The summed E-state index contributed by atoms with van der Waals surface area (Å²) >= 11 is 0. The Balaban J connectivity index is 1.75. The second kappa shape index (κ2) is 9.78. The van der Waals surface area contributed by atoms with E-state index in [0.29, 0.717) is 5.75 Å². The summed E-state index contributed by atoms with van der Waals surface area (Å²) in [5.41, 5.74) is 2.28. The van der Waals surface area contributed by atoms with Crippen LogP contribution >= 0.6 is 0 Å². The fourth-order valence-electron chi connectivity index (χ4n) is 3.51. The fraction of sp³-hybridized carbons (Fsp3) is 0.240. The Labute approximate surface area is 172 Å². The number of anilines is 1. The van der Waals surface area contributed by atoms with E-state index in [9.17, 15) is 4.79 Å². The molecule has 0 amide bonds. The van der Waals surface area contributed by atoms with Gasteiger partial charge in [-0.3, -0.25) is 4.79 Å². The number of carbonyl (C=O) groups excluding carboxylic acids is 1. The van der Waals surface area contributed by atoms with E-state index in [0.717, 1.165) is 11.4 Å². The minimum Gasteiger partial charge on any atom is -0.497 e. The molecule has 0 saturated carbocycles. The lowest BCUT2D eigenvalue weighted by Gasteiger charge is -2.36. The van der Waals surface area contributed by atoms with Crippen LogP contribution < -0.4 is 14.4 Å². The molecular weight excluding hydrogens is 362 g/mol. The van der Waals surface area contributed by atoms with Crippen molar-refractivity contribution in [1.29, 1.82) is 0 Å². The molecule has 0 N–H and O–H groups in total. The van der Waals surface area contributed by atoms with Gasteiger partial charge < -0.3 is 14.4 Å². The second-order valence-corrected chi connectivity index (χ2v) is 7.03. The first kappa shape index (κ1) is 20.5. The number of ether oxygens (including phenoxy) is 2. The normalized spacial score (nSPS) is 12.7. The molecule has 0 spiro atoms. The Morgan fingerprint density at radius 3 is 1.97 bits per heavy atom. The standard InChI is InChI=1S/C25H27NO3/c1-19(18-25(27)29-24-16-14-23(28-3)15-17-24)26(22-12-8-5-9-13-22)20(2)21-10-6-4-7-11-21/h4-17,19-20H,18H2,1-3H3/t19-,20-/m0/s1. The highest BCUT2D eigenvalue weighted by Gasteiger charge is 2.24. The third kappa shape index (κ3) is 5.38. The van der Waals surface area contributed by atoms with Gasteiger partial charge in [-0.2, -0.15) is 0 Å². The Hall–Kier alpha value is -3.27. The highest BCUT2D eigenvalue weighted by Crippen LogP contribution is 2.30. The summed E-state index contributed by atoms with van der Waals surface area (Å²) in [5.74, 6) is 0.985. The number of benzene rings is 3. The third-order valence-corrected chi connectivity index (χ3v) is 4.98. The van der Waals surface area contributed by atoms with Crippen molar-refractivity contribution in [1.82, 2.24) is 0 Å². The van der Waals surface area contributed by atoms with Crippen LogP contribution in [0.15, 0.2) is 84.9 Å². The number of methoxy groups -OCH3 is 1. The molecule has 0 bridgehead atoms. The molecule has 2 atom stereocenters. The highest BCUT2D eigenvalue weighted by atomic mass is 16.5. The van der Waals surface area contributed by atoms with Crippen molar-refractivity contribution in [3.63, 3.8) is 0 Å². The van der Waals surface area contributed by atoms with Gasteiger partial charge in [0.1, 0.15) is 11.5 Å². The lowest BCUT2D eigenvalue weighted by molar-refractivity contribution is -0.134. The zero-order valence-electron chi connectivity index (χ0n) is 17.1. The van der Waals surface area contributed by atoms with E-state index >= 15 is 0 Å². The van der Waals surface area contributed by atoms with Crippen molar-refractivity contribution in [2.24, 2.45) is 0 Å². The molecule has 0 aliphatic heterocycles. The second-order valence-electron chi connectivity index (χ2n) is 7.03. The van der Waals surface area contributed by atoms with Gasteiger partial charge in [0, 0.05) is 11.7 Å². The van der Waals surface area contributed by atoms with Crippen LogP contribution in [0.5, 0.6) is 11.5 Å². The lowest BCUT2D eigenvalue weighted by Crippen LogP contribution is -2.37. The van der Waals surface area contributed by atoms with Crippen molar-refractivity contribution in [3.05, 3.63) is 90.5 Å². The van der Waals surface area contributed by atoms with Crippen molar-refractivity contribution in [2.45, 2.75) is 32.4 Å². The van der Waals surface area contributed by atoms with Gasteiger partial charge in [0.15, 0.2) is 0 Å². The van der Waals surface area contributed by atoms with Gasteiger partial charge in [-0.15, -0.1) is 0 Å². The van der Waals surface area contributed by atoms with Gasteiger partial charge >= 0.3 is 5.97 Å². The molecule has 3 rings (SSSR count). The molecule has 3 aromatic rings. The van der Waals surface area contributed by atoms with Crippen LogP contribution in [-0.4, -0.2) is 19.1 Å². The molecule has 0 aliphatic rings. The monoisotopic (exact) mass is 389 g/mol. The molecule has 4 nitrogen and oxygen atoms in total. The first-order valence-corrected chi connectivity index (χ1v) is 9.81. The predicted octanol–water partition coefficient (Wildman–Crippen LogP) is 5.65. The summed E-state index contributed by atoms with van der Waals surface area (Å²) in [5, 5.41) is 0. The molecule has 150 valence electrons.